The number of hydrogen-bond acceptors (Lipinski definition) is 7. The van der Waals surface area contributed by atoms with E-state index in [2.05, 4.69) is 21.3 Å². The predicted molar refractivity (Wildman–Crippen MR) is 139 cm³/mol. The molecule has 0 spiro atoms. The standard InChI is InChI=1S/C28H32N6O3/c29-17-19-8-11-31-25(15-19)28(30)9-13-33(14-10-28)18-20-16-21(27(37)34-12-4-3-6-23(20)34)26(36)32-22-5-1-2-7-24(22)35/h3-4,6,8,11-12,15-16,22,24,35H,1-2,5,7,9-10,13-14,18,30H2,(H,32,36)/t22-,24-/m0/s1. The number of hydrogen-bond donors (Lipinski definition) is 3. The first-order valence-electron chi connectivity index (χ1n) is 12.9. The average Bonchev–Trinajstić information content (AvgIpc) is 2.93. The molecule has 2 fully saturated rings. The summed E-state index contributed by atoms with van der Waals surface area (Å²) in [5.41, 5.74) is 8.73. The second-order valence-electron chi connectivity index (χ2n) is 10.2. The first kappa shape index (κ1) is 25.1. The van der Waals surface area contributed by atoms with E-state index < -0.39 is 17.6 Å². The summed E-state index contributed by atoms with van der Waals surface area (Å²) < 4.78 is 1.52. The minimum absolute atomic E-state index is 0.0826. The Hall–Kier alpha value is -3.58. The van der Waals surface area contributed by atoms with Gasteiger partial charge < -0.3 is 16.2 Å². The van der Waals surface area contributed by atoms with Crippen molar-refractivity contribution in [3.05, 3.63) is 81.5 Å². The molecule has 2 atom stereocenters. The van der Waals surface area contributed by atoms with Crippen molar-refractivity contribution in [2.24, 2.45) is 5.73 Å². The quantitative estimate of drug-likeness (QED) is 0.488. The lowest BCUT2D eigenvalue weighted by Crippen LogP contribution is -2.48. The first-order chi connectivity index (χ1) is 17.9. The van der Waals surface area contributed by atoms with Crippen molar-refractivity contribution in [3.63, 3.8) is 0 Å². The van der Waals surface area contributed by atoms with E-state index >= 15 is 0 Å². The number of nitrogens with one attached hydrogen (secondary N) is 1. The molecule has 37 heavy (non-hydrogen) atoms. The molecule has 4 N–H and O–H groups in total. The van der Waals surface area contributed by atoms with Crippen molar-refractivity contribution in [2.45, 2.75) is 62.8 Å². The summed E-state index contributed by atoms with van der Waals surface area (Å²) in [6.45, 7) is 1.98. The number of nitriles is 1. The van der Waals surface area contributed by atoms with Gasteiger partial charge in [0.05, 0.1) is 40.5 Å². The Labute approximate surface area is 215 Å². The molecule has 9 nitrogen and oxygen atoms in total. The van der Waals surface area contributed by atoms with Gasteiger partial charge in [-0.15, -0.1) is 0 Å². The molecule has 1 saturated heterocycles. The Bertz CT molecular complexity index is 1400. The fourth-order valence-electron chi connectivity index (χ4n) is 5.52. The number of piperidine rings is 1. The van der Waals surface area contributed by atoms with E-state index in [0.29, 0.717) is 50.9 Å². The fourth-order valence-corrected chi connectivity index (χ4v) is 5.52. The van der Waals surface area contributed by atoms with Crippen LogP contribution in [0.25, 0.3) is 5.52 Å². The molecular formula is C28H32N6O3. The minimum Gasteiger partial charge on any atom is -0.391 e. The molecule has 1 amide bonds. The second kappa shape index (κ2) is 10.4. The van der Waals surface area contributed by atoms with E-state index in [9.17, 15) is 20.0 Å². The summed E-state index contributed by atoms with van der Waals surface area (Å²) in [5.74, 6) is -0.446. The summed E-state index contributed by atoms with van der Waals surface area (Å²) in [7, 11) is 0. The zero-order valence-electron chi connectivity index (χ0n) is 20.8. The molecule has 192 valence electrons. The molecule has 1 aliphatic carbocycles. The van der Waals surface area contributed by atoms with Crippen molar-refractivity contribution in [3.8, 4) is 6.07 Å². The average molecular weight is 501 g/mol. The molecule has 3 aromatic rings. The first-order valence-corrected chi connectivity index (χ1v) is 12.9. The largest absolute Gasteiger partial charge is 0.391 e. The van der Waals surface area contributed by atoms with Gasteiger partial charge in [0.2, 0.25) is 0 Å². The van der Waals surface area contributed by atoms with Crippen LogP contribution >= 0.6 is 0 Å². The third-order valence-corrected chi connectivity index (χ3v) is 7.79. The van der Waals surface area contributed by atoms with Crippen LogP contribution in [0.4, 0.5) is 0 Å². The van der Waals surface area contributed by atoms with Gasteiger partial charge in [-0.1, -0.05) is 18.9 Å². The highest BCUT2D eigenvalue weighted by Crippen LogP contribution is 2.30. The molecule has 4 heterocycles. The number of aromatic nitrogens is 2. The Morgan fingerprint density at radius 1 is 1.22 bits per heavy atom. The van der Waals surface area contributed by atoms with Crippen molar-refractivity contribution >= 4 is 11.4 Å². The van der Waals surface area contributed by atoms with Gasteiger partial charge in [-0.25, -0.2) is 0 Å². The van der Waals surface area contributed by atoms with Crippen LogP contribution in [0.1, 0.15) is 65.7 Å². The van der Waals surface area contributed by atoms with Gasteiger partial charge >= 0.3 is 0 Å². The van der Waals surface area contributed by atoms with Crippen LogP contribution in [0.3, 0.4) is 0 Å². The highest BCUT2D eigenvalue weighted by atomic mass is 16.3. The number of carbonyl (C=O) groups is 1. The molecule has 1 aliphatic heterocycles. The van der Waals surface area contributed by atoms with Crippen LogP contribution in [0.2, 0.25) is 0 Å². The van der Waals surface area contributed by atoms with Crippen molar-refractivity contribution in [2.75, 3.05) is 13.1 Å². The monoisotopic (exact) mass is 500 g/mol. The van der Waals surface area contributed by atoms with Gasteiger partial charge in [0.25, 0.3) is 11.5 Å². The topological polar surface area (TPSA) is 137 Å². The van der Waals surface area contributed by atoms with Crippen LogP contribution in [-0.4, -0.2) is 50.5 Å². The van der Waals surface area contributed by atoms with E-state index in [0.717, 1.165) is 29.6 Å². The smallest absolute Gasteiger partial charge is 0.267 e. The normalized spacial score (nSPS) is 21.9. The zero-order valence-corrected chi connectivity index (χ0v) is 20.8. The Balaban J connectivity index is 1.37. The number of likely N-dealkylation sites (tertiary alicyclic amines) is 1. The molecule has 5 rings (SSSR count). The number of fused-ring (bicyclic) bond motifs is 1. The number of amides is 1. The molecule has 9 heteroatoms. The zero-order chi connectivity index (χ0) is 26.0. The van der Waals surface area contributed by atoms with Crippen LogP contribution in [0, 0.1) is 11.3 Å². The van der Waals surface area contributed by atoms with Gasteiger partial charge in [-0.3, -0.25) is 23.9 Å². The molecule has 2 aliphatic rings. The summed E-state index contributed by atoms with van der Waals surface area (Å²) in [6.07, 6.45) is 7.31. The highest BCUT2D eigenvalue weighted by molar-refractivity contribution is 5.94. The molecular weight excluding hydrogens is 468 g/mol. The van der Waals surface area contributed by atoms with Crippen LogP contribution in [0.15, 0.2) is 53.6 Å². The van der Waals surface area contributed by atoms with E-state index in [1.54, 1.807) is 36.7 Å². The molecule has 3 aromatic heterocycles. The maximum atomic E-state index is 13.2. The molecule has 0 unspecified atom stereocenters. The Kier molecular flexibility index (Phi) is 7.07. The van der Waals surface area contributed by atoms with Gasteiger partial charge in [-0.05, 0) is 61.6 Å². The lowest BCUT2D eigenvalue weighted by Gasteiger charge is -2.39. The number of carbonyl (C=O) groups excluding carboxylic acids is 1. The Morgan fingerprint density at radius 3 is 2.76 bits per heavy atom. The van der Waals surface area contributed by atoms with E-state index in [1.165, 1.54) is 4.40 Å². The van der Waals surface area contributed by atoms with Crippen LogP contribution < -0.4 is 16.6 Å². The lowest BCUT2D eigenvalue weighted by atomic mass is 9.84. The molecule has 0 radical (unpaired) electrons. The predicted octanol–water partition coefficient (Wildman–Crippen LogP) is 2.05. The number of aliphatic hydroxyl groups is 1. The number of nitrogens with zero attached hydrogens (tertiary/aromatic N) is 4. The molecule has 0 aromatic carbocycles. The molecule has 1 saturated carbocycles. The van der Waals surface area contributed by atoms with Gasteiger partial charge in [0.1, 0.15) is 5.56 Å². The lowest BCUT2D eigenvalue weighted by molar-refractivity contribution is 0.0716. The Morgan fingerprint density at radius 2 is 2.00 bits per heavy atom. The molecule has 0 bridgehead atoms. The number of aliphatic hydroxyl groups excluding tert-OH is 1. The van der Waals surface area contributed by atoms with Crippen molar-refractivity contribution in [1.29, 1.82) is 5.26 Å². The van der Waals surface area contributed by atoms with Gasteiger partial charge in [0.15, 0.2) is 0 Å². The summed E-state index contributed by atoms with van der Waals surface area (Å²) in [4.78, 5) is 33.1. The SMILES string of the molecule is N#Cc1ccnc(C2(N)CCN(Cc3cc(C(=O)N[C@H]4CCCC[C@@H]4O)c(=O)n4ccccc34)CC2)c1. The minimum atomic E-state index is -0.606. The fraction of sp³-hybridized carbons (Fsp3) is 0.429. The van der Waals surface area contributed by atoms with Gasteiger partial charge in [0, 0.05) is 32.0 Å². The summed E-state index contributed by atoms with van der Waals surface area (Å²) in [6, 6.07) is 12.5. The van der Waals surface area contributed by atoms with Crippen LogP contribution in [0.5, 0.6) is 0 Å². The highest BCUT2D eigenvalue weighted by Gasteiger charge is 2.34. The van der Waals surface area contributed by atoms with E-state index in [-0.39, 0.29) is 17.2 Å². The summed E-state index contributed by atoms with van der Waals surface area (Å²) in [5, 5.41) is 22.4. The maximum Gasteiger partial charge on any atom is 0.267 e. The van der Waals surface area contributed by atoms with Crippen molar-refractivity contribution < 1.29 is 9.90 Å². The van der Waals surface area contributed by atoms with E-state index in [1.807, 2.05) is 12.1 Å². The third-order valence-electron chi connectivity index (χ3n) is 7.79. The number of rotatable bonds is 5. The second-order valence-corrected chi connectivity index (χ2v) is 10.2. The maximum absolute atomic E-state index is 13.2. The van der Waals surface area contributed by atoms with Crippen LogP contribution in [-0.2, 0) is 12.1 Å². The third kappa shape index (κ3) is 5.14. The number of pyridine rings is 3. The number of nitrogens with two attached hydrogens (primary N) is 1. The van der Waals surface area contributed by atoms with E-state index in [4.69, 9.17) is 5.73 Å². The van der Waals surface area contributed by atoms with Gasteiger partial charge in [-0.2, -0.15) is 5.26 Å². The summed E-state index contributed by atoms with van der Waals surface area (Å²) >= 11 is 0. The van der Waals surface area contributed by atoms with Crippen molar-refractivity contribution in [1.82, 2.24) is 19.6 Å².